The summed E-state index contributed by atoms with van der Waals surface area (Å²) in [5.74, 6) is 0. The molecule has 2 atom stereocenters. The lowest BCUT2D eigenvalue weighted by Gasteiger charge is -2.27. The number of aryl methyl sites for hydroxylation is 1. The highest BCUT2D eigenvalue weighted by molar-refractivity contribution is 5.55. The first-order valence-electron chi connectivity index (χ1n) is 7.87. The number of benzene rings is 1. The Morgan fingerprint density at radius 3 is 2.90 bits per heavy atom. The molecule has 116 valence electrons. The summed E-state index contributed by atoms with van der Waals surface area (Å²) < 4.78 is 0. The van der Waals surface area contributed by atoms with Gasteiger partial charge in [0.15, 0.2) is 0 Å². The summed E-state index contributed by atoms with van der Waals surface area (Å²) >= 11 is 0. The van der Waals surface area contributed by atoms with Gasteiger partial charge >= 0.3 is 0 Å². The largest absolute Gasteiger partial charge is 0.382 e. The van der Waals surface area contributed by atoms with E-state index in [9.17, 15) is 10.1 Å². The van der Waals surface area contributed by atoms with E-state index in [-0.39, 0.29) is 10.6 Å². The molecule has 1 fully saturated rings. The number of nitrogens with zero attached hydrogens (tertiary/aromatic N) is 1. The molecular formula is C16H25N3O2. The minimum atomic E-state index is -0.294. The first-order chi connectivity index (χ1) is 10.1. The number of piperidine rings is 1. The maximum atomic E-state index is 11.1. The summed E-state index contributed by atoms with van der Waals surface area (Å²) in [6, 6.07) is 6.31. The van der Waals surface area contributed by atoms with Crippen LogP contribution in [-0.2, 0) is 6.42 Å². The molecule has 0 aliphatic carbocycles. The summed E-state index contributed by atoms with van der Waals surface area (Å²) in [6.07, 6.45) is 5.51. The van der Waals surface area contributed by atoms with Crippen LogP contribution in [0.25, 0.3) is 0 Å². The number of nitro groups is 1. The highest BCUT2D eigenvalue weighted by Gasteiger charge is 2.17. The number of nitro benzene ring substituents is 1. The van der Waals surface area contributed by atoms with E-state index >= 15 is 0 Å². The van der Waals surface area contributed by atoms with Crippen molar-refractivity contribution < 1.29 is 4.92 Å². The Morgan fingerprint density at radius 1 is 1.48 bits per heavy atom. The van der Waals surface area contributed by atoms with Gasteiger partial charge in [-0.05, 0) is 45.2 Å². The third-order valence-electron chi connectivity index (χ3n) is 4.13. The van der Waals surface area contributed by atoms with Crippen LogP contribution in [0.1, 0.15) is 45.1 Å². The molecule has 5 heteroatoms. The Labute approximate surface area is 126 Å². The van der Waals surface area contributed by atoms with Gasteiger partial charge < -0.3 is 10.6 Å². The fourth-order valence-corrected chi connectivity index (χ4v) is 3.02. The van der Waals surface area contributed by atoms with Crippen molar-refractivity contribution in [2.24, 2.45) is 0 Å². The van der Waals surface area contributed by atoms with Gasteiger partial charge in [-0.2, -0.15) is 0 Å². The van der Waals surface area contributed by atoms with Crippen molar-refractivity contribution in [2.45, 2.75) is 58.0 Å². The van der Waals surface area contributed by atoms with E-state index in [0.29, 0.717) is 18.5 Å². The first-order valence-corrected chi connectivity index (χ1v) is 7.87. The number of anilines is 1. The molecule has 0 radical (unpaired) electrons. The lowest BCUT2D eigenvalue weighted by molar-refractivity contribution is -0.385. The van der Waals surface area contributed by atoms with E-state index in [2.05, 4.69) is 17.6 Å². The maximum absolute atomic E-state index is 11.1. The van der Waals surface area contributed by atoms with Crippen LogP contribution in [0.5, 0.6) is 0 Å². The van der Waals surface area contributed by atoms with Crippen molar-refractivity contribution in [1.82, 2.24) is 5.32 Å². The van der Waals surface area contributed by atoms with Crippen molar-refractivity contribution in [3.05, 3.63) is 33.9 Å². The van der Waals surface area contributed by atoms with Crippen molar-refractivity contribution in [3.63, 3.8) is 0 Å². The second-order valence-electron chi connectivity index (χ2n) is 5.88. The second-order valence-corrected chi connectivity index (χ2v) is 5.88. The third kappa shape index (κ3) is 4.43. The molecule has 1 heterocycles. The molecule has 0 bridgehead atoms. The molecule has 0 spiro atoms. The first kappa shape index (κ1) is 15.8. The Bertz CT molecular complexity index is 484. The van der Waals surface area contributed by atoms with Crippen LogP contribution in [0, 0.1) is 10.1 Å². The van der Waals surface area contributed by atoms with Crippen LogP contribution < -0.4 is 10.6 Å². The monoisotopic (exact) mass is 291 g/mol. The van der Waals surface area contributed by atoms with Crippen LogP contribution in [0.4, 0.5) is 11.4 Å². The predicted octanol–water partition coefficient (Wildman–Crippen LogP) is 3.49. The molecule has 1 aliphatic rings. The Hall–Kier alpha value is -1.62. The molecule has 0 amide bonds. The van der Waals surface area contributed by atoms with Crippen molar-refractivity contribution in [2.75, 3.05) is 11.9 Å². The van der Waals surface area contributed by atoms with E-state index in [0.717, 1.165) is 24.2 Å². The minimum Gasteiger partial charge on any atom is -0.382 e. The average Bonchev–Trinajstić information content (AvgIpc) is 2.48. The summed E-state index contributed by atoms with van der Waals surface area (Å²) in [6.45, 7) is 5.18. The highest BCUT2D eigenvalue weighted by atomic mass is 16.6. The SMILES string of the molecule is CCc1ccc(NC(C)CC2CCCCN2)cc1[N+](=O)[O-]. The van der Waals surface area contributed by atoms with Crippen molar-refractivity contribution >= 4 is 11.4 Å². The van der Waals surface area contributed by atoms with Crippen LogP contribution in [0.15, 0.2) is 18.2 Å². The van der Waals surface area contributed by atoms with Gasteiger partial charge in [0.1, 0.15) is 0 Å². The zero-order chi connectivity index (χ0) is 15.2. The van der Waals surface area contributed by atoms with Gasteiger partial charge in [-0.15, -0.1) is 0 Å². The van der Waals surface area contributed by atoms with E-state index in [4.69, 9.17) is 0 Å². The minimum absolute atomic E-state index is 0.213. The Morgan fingerprint density at radius 2 is 2.29 bits per heavy atom. The van der Waals surface area contributed by atoms with Crippen molar-refractivity contribution in [3.8, 4) is 0 Å². The molecule has 1 saturated heterocycles. The van der Waals surface area contributed by atoms with E-state index in [1.54, 1.807) is 6.07 Å². The van der Waals surface area contributed by atoms with Gasteiger partial charge in [0.05, 0.1) is 4.92 Å². The molecule has 1 aliphatic heterocycles. The lowest BCUT2D eigenvalue weighted by atomic mass is 9.98. The summed E-state index contributed by atoms with van der Waals surface area (Å²) in [4.78, 5) is 10.8. The third-order valence-corrected chi connectivity index (χ3v) is 4.13. The Kier molecular flexibility index (Phi) is 5.56. The van der Waals surface area contributed by atoms with E-state index in [1.807, 2.05) is 19.1 Å². The molecule has 5 nitrogen and oxygen atoms in total. The molecule has 2 N–H and O–H groups in total. The van der Waals surface area contributed by atoms with Crippen LogP contribution in [0.3, 0.4) is 0 Å². The molecule has 2 unspecified atom stereocenters. The predicted molar refractivity (Wildman–Crippen MR) is 85.8 cm³/mol. The molecule has 0 saturated carbocycles. The van der Waals surface area contributed by atoms with Gasteiger partial charge in [-0.25, -0.2) is 0 Å². The van der Waals surface area contributed by atoms with Crippen LogP contribution in [-0.4, -0.2) is 23.6 Å². The normalized spacial score (nSPS) is 20.0. The Balaban J connectivity index is 1.98. The topological polar surface area (TPSA) is 67.2 Å². The molecule has 1 aromatic carbocycles. The van der Waals surface area contributed by atoms with Gasteiger partial charge in [-0.3, -0.25) is 10.1 Å². The summed E-state index contributed by atoms with van der Waals surface area (Å²) in [5.41, 5.74) is 1.83. The standard InChI is InChI=1S/C16H25N3O2/c1-3-13-7-8-15(11-16(13)19(20)21)18-12(2)10-14-6-4-5-9-17-14/h7-8,11-12,14,17-18H,3-6,9-10H2,1-2H3. The van der Waals surface area contributed by atoms with E-state index in [1.165, 1.54) is 19.3 Å². The number of nitrogens with one attached hydrogen (secondary N) is 2. The second kappa shape index (κ2) is 7.41. The lowest BCUT2D eigenvalue weighted by Crippen LogP contribution is -2.37. The van der Waals surface area contributed by atoms with Crippen molar-refractivity contribution in [1.29, 1.82) is 0 Å². The number of hydrogen-bond acceptors (Lipinski definition) is 4. The van der Waals surface area contributed by atoms with E-state index < -0.39 is 0 Å². The van der Waals surface area contributed by atoms with Gasteiger partial charge in [-0.1, -0.05) is 19.4 Å². The van der Waals surface area contributed by atoms with Gasteiger partial charge in [0.2, 0.25) is 0 Å². The fourth-order valence-electron chi connectivity index (χ4n) is 3.02. The highest BCUT2D eigenvalue weighted by Crippen LogP contribution is 2.24. The molecule has 21 heavy (non-hydrogen) atoms. The number of rotatable bonds is 6. The summed E-state index contributed by atoms with van der Waals surface area (Å²) in [5, 5.41) is 18.0. The zero-order valence-electron chi connectivity index (χ0n) is 12.9. The zero-order valence-corrected chi connectivity index (χ0v) is 12.9. The smallest absolute Gasteiger partial charge is 0.274 e. The summed E-state index contributed by atoms with van der Waals surface area (Å²) in [7, 11) is 0. The number of hydrogen-bond donors (Lipinski definition) is 2. The molecular weight excluding hydrogens is 266 g/mol. The average molecular weight is 291 g/mol. The quantitative estimate of drug-likeness (QED) is 0.622. The molecule has 2 rings (SSSR count). The van der Waals surface area contributed by atoms with Gasteiger partial charge in [0.25, 0.3) is 5.69 Å². The van der Waals surface area contributed by atoms with Crippen LogP contribution >= 0.6 is 0 Å². The molecule has 0 aromatic heterocycles. The van der Waals surface area contributed by atoms with Gasteiger partial charge in [0, 0.05) is 29.4 Å². The maximum Gasteiger partial charge on any atom is 0.274 e. The fraction of sp³-hybridized carbons (Fsp3) is 0.625. The van der Waals surface area contributed by atoms with Crippen LogP contribution in [0.2, 0.25) is 0 Å². The molecule has 1 aromatic rings.